The van der Waals surface area contributed by atoms with Crippen molar-refractivity contribution in [3.05, 3.63) is 24.0 Å². The first kappa shape index (κ1) is 18.1. The molecule has 0 spiro atoms. The number of nitrogens with one attached hydrogen (secondary N) is 1. The van der Waals surface area contributed by atoms with Crippen LogP contribution in [0.15, 0.2) is 18.2 Å². The summed E-state index contributed by atoms with van der Waals surface area (Å²) in [5.74, 6) is -3.29. The van der Waals surface area contributed by atoms with Crippen molar-refractivity contribution in [1.82, 2.24) is 0 Å². The molecule has 1 aliphatic rings. The first-order valence-electron chi connectivity index (χ1n) is 7.61. The summed E-state index contributed by atoms with van der Waals surface area (Å²) in [4.78, 5) is 23.4. The maximum Gasteiger partial charge on any atom is 0.306 e. The van der Waals surface area contributed by atoms with Crippen LogP contribution in [0.3, 0.4) is 0 Å². The molecule has 1 fully saturated rings. The molecule has 1 aliphatic carbocycles. The van der Waals surface area contributed by atoms with Gasteiger partial charge in [-0.3, -0.25) is 9.59 Å². The van der Waals surface area contributed by atoms with E-state index in [1.165, 1.54) is 6.07 Å². The summed E-state index contributed by atoms with van der Waals surface area (Å²) in [5, 5.41) is 11.6. The lowest BCUT2D eigenvalue weighted by Crippen LogP contribution is -2.31. The van der Waals surface area contributed by atoms with E-state index < -0.39 is 42.6 Å². The highest BCUT2D eigenvalue weighted by Crippen LogP contribution is 2.32. The standard InChI is InChI=1S/C16H18F3NO4/c17-11-4-5-12(13(7-11)24-8-14(18)19)20-15(21)9-2-1-3-10(6-9)16(22)23/h4-5,7,9-10,14H,1-3,6,8H2,(H,20,21)(H,22,23). The van der Waals surface area contributed by atoms with Gasteiger partial charge in [0, 0.05) is 12.0 Å². The van der Waals surface area contributed by atoms with Crippen LogP contribution in [0.25, 0.3) is 0 Å². The van der Waals surface area contributed by atoms with Gasteiger partial charge in [0.15, 0.2) is 0 Å². The highest BCUT2D eigenvalue weighted by atomic mass is 19.3. The summed E-state index contributed by atoms with van der Waals surface area (Å²) in [6.45, 7) is -0.920. The molecular formula is C16H18F3NO4. The van der Waals surface area contributed by atoms with E-state index in [1.54, 1.807) is 0 Å². The number of benzene rings is 1. The summed E-state index contributed by atoms with van der Waals surface area (Å²) in [6, 6.07) is 3.22. The molecule has 0 radical (unpaired) electrons. The molecule has 0 bridgehead atoms. The minimum absolute atomic E-state index is 0.0829. The van der Waals surface area contributed by atoms with Gasteiger partial charge in [0.05, 0.1) is 11.6 Å². The lowest BCUT2D eigenvalue weighted by Gasteiger charge is -2.26. The Labute approximate surface area is 136 Å². The quantitative estimate of drug-likeness (QED) is 0.829. The number of alkyl halides is 2. The first-order chi connectivity index (χ1) is 11.4. The zero-order chi connectivity index (χ0) is 17.7. The van der Waals surface area contributed by atoms with Crippen LogP contribution in [0.2, 0.25) is 0 Å². The topological polar surface area (TPSA) is 75.6 Å². The van der Waals surface area contributed by atoms with Gasteiger partial charge in [-0.25, -0.2) is 13.2 Å². The Kier molecular flexibility index (Phi) is 6.05. The van der Waals surface area contributed by atoms with Gasteiger partial charge in [0.25, 0.3) is 6.43 Å². The van der Waals surface area contributed by atoms with Crippen LogP contribution in [0.4, 0.5) is 18.9 Å². The number of carboxylic acids is 1. The first-order valence-corrected chi connectivity index (χ1v) is 7.61. The van der Waals surface area contributed by atoms with Gasteiger partial charge in [0.2, 0.25) is 5.91 Å². The molecule has 5 nitrogen and oxygen atoms in total. The Hall–Kier alpha value is -2.25. The predicted octanol–water partition coefficient (Wildman–Crippen LogP) is 3.30. The molecule has 2 unspecified atom stereocenters. The molecular weight excluding hydrogens is 327 g/mol. The van der Waals surface area contributed by atoms with Gasteiger partial charge < -0.3 is 15.2 Å². The second kappa shape index (κ2) is 8.03. The maximum atomic E-state index is 13.3. The minimum Gasteiger partial charge on any atom is -0.485 e. The third-order valence-corrected chi connectivity index (χ3v) is 3.96. The van der Waals surface area contributed by atoms with Crippen LogP contribution < -0.4 is 10.1 Å². The van der Waals surface area contributed by atoms with Gasteiger partial charge in [-0.2, -0.15) is 0 Å². The largest absolute Gasteiger partial charge is 0.485 e. The molecule has 132 valence electrons. The summed E-state index contributed by atoms with van der Waals surface area (Å²) < 4.78 is 42.6. The molecule has 0 aliphatic heterocycles. The van der Waals surface area contributed by atoms with Crippen LogP contribution in [-0.2, 0) is 9.59 Å². The van der Waals surface area contributed by atoms with E-state index in [-0.39, 0.29) is 17.9 Å². The van der Waals surface area contributed by atoms with Gasteiger partial charge in [0.1, 0.15) is 18.2 Å². The van der Waals surface area contributed by atoms with Crippen LogP contribution in [0.1, 0.15) is 25.7 Å². The van der Waals surface area contributed by atoms with Gasteiger partial charge >= 0.3 is 5.97 Å². The van der Waals surface area contributed by atoms with Crippen LogP contribution in [0.5, 0.6) is 5.75 Å². The Morgan fingerprint density at radius 3 is 2.67 bits per heavy atom. The SMILES string of the molecule is O=C(O)C1CCCC(C(=O)Nc2ccc(F)cc2OCC(F)F)C1. The molecule has 1 amide bonds. The van der Waals surface area contributed by atoms with Crippen LogP contribution >= 0.6 is 0 Å². The number of carboxylic acid groups (broad SMARTS) is 1. The molecule has 1 aromatic carbocycles. The normalized spacial score (nSPS) is 20.7. The van der Waals surface area contributed by atoms with E-state index in [1.807, 2.05) is 0 Å². The van der Waals surface area contributed by atoms with E-state index in [2.05, 4.69) is 5.32 Å². The van der Waals surface area contributed by atoms with Gasteiger partial charge in [-0.15, -0.1) is 0 Å². The highest BCUT2D eigenvalue weighted by molar-refractivity contribution is 5.94. The molecule has 0 heterocycles. The smallest absolute Gasteiger partial charge is 0.306 e. The molecule has 2 atom stereocenters. The molecule has 24 heavy (non-hydrogen) atoms. The van der Waals surface area contributed by atoms with Crippen molar-refractivity contribution in [2.24, 2.45) is 11.8 Å². The summed E-state index contributed by atoms with van der Waals surface area (Å²) in [7, 11) is 0. The average Bonchev–Trinajstić information content (AvgIpc) is 2.55. The van der Waals surface area contributed by atoms with Crippen molar-refractivity contribution < 1.29 is 32.6 Å². The molecule has 2 rings (SSSR count). The molecule has 1 aromatic rings. The number of amides is 1. The molecule has 0 aromatic heterocycles. The fourth-order valence-electron chi connectivity index (χ4n) is 2.76. The fraction of sp³-hybridized carbons (Fsp3) is 0.500. The molecule has 2 N–H and O–H groups in total. The zero-order valence-electron chi connectivity index (χ0n) is 12.8. The van der Waals surface area contributed by atoms with Crippen molar-refractivity contribution >= 4 is 17.6 Å². The number of halogens is 3. The Bertz CT molecular complexity index is 609. The second-order valence-corrected chi connectivity index (χ2v) is 5.73. The number of aliphatic carboxylic acids is 1. The third kappa shape index (κ3) is 4.87. The molecule has 1 saturated carbocycles. The van der Waals surface area contributed by atoms with Crippen molar-refractivity contribution in [2.45, 2.75) is 32.1 Å². The number of carbonyl (C=O) groups is 2. The van der Waals surface area contributed by atoms with Gasteiger partial charge in [-0.05, 0) is 31.4 Å². The van der Waals surface area contributed by atoms with E-state index >= 15 is 0 Å². The lowest BCUT2D eigenvalue weighted by atomic mass is 9.81. The maximum absolute atomic E-state index is 13.3. The summed E-state index contributed by atoms with van der Waals surface area (Å²) in [6.07, 6.45) is -0.822. The molecule has 8 heteroatoms. The van der Waals surface area contributed by atoms with Crippen molar-refractivity contribution in [1.29, 1.82) is 0 Å². The Balaban J connectivity index is 2.06. The number of carbonyl (C=O) groups excluding carboxylic acids is 1. The van der Waals surface area contributed by atoms with Crippen molar-refractivity contribution in [3.8, 4) is 5.75 Å². The highest BCUT2D eigenvalue weighted by Gasteiger charge is 2.31. The Morgan fingerprint density at radius 1 is 1.29 bits per heavy atom. The summed E-state index contributed by atoms with van der Waals surface area (Å²) in [5.41, 5.74) is 0.0829. The summed E-state index contributed by atoms with van der Waals surface area (Å²) >= 11 is 0. The number of anilines is 1. The van der Waals surface area contributed by atoms with E-state index in [4.69, 9.17) is 9.84 Å². The minimum atomic E-state index is -2.73. The van der Waals surface area contributed by atoms with Crippen LogP contribution in [-0.4, -0.2) is 30.0 Å². The number of hydrogen-bond donors (Lipinski definition) is 2. The van der Waals surface area contributed by atoms with E-state index in [9.17, 15) is 22.8 Å². The van der Waals surface area contributed by atoms with Crippen molar-refractivity contribution in [3.63, 3.8) is 0 Å². The lowest BCUT2D eigenvalue weighted by molar-refractivity contribution is -0.143. The molecule has 0 saturated heterocycles. The third-order valence-electron chi connectivity index (χ3n) is 3.96. The van der Waals surface area contributed by atoms with Crippen LogP contribution in [0, 0.1) is 17.7 Å². The van der Waals surface area contributed by atoms with Crippen molar-refractivity contribution in [2.75, 3.05) is 11.9 Å². The average molecular weight is 345 g/mol. The predicted molar refractivity (Wildman–Crippen MR) is 79.6 cm³/mol. The fourth-order valence-corrected chi connectivity index (χ4v) is 2.76. The number of hydrogen-bond acceptors (Lipinski definition) is 3. The van der Waals surface area contributed by atoms with E-state index in [0.717, 1.165) is 12.1 Å². The monoisotopic (exact) mass is 345 g/mol. The van der Waals surface area contributed by atoms with Gasteiger partial charge in [-0.1, -0.05) is 6.42 Å². The number of ether oxygens (including phenoxy) is 1. The zero-order valence-corrected chi connectivity index (χ0v) is 12.8. The number of rotatable bonds is 6. The van der Waals surface area contributed by atoms with E-state index in [0.29, 0.717) is 19.3 Å². The Morgan fingerprint density at radius 2 is 2.00 bits per heavy atom. The second-order valence-electron chi connectivity index (χ2n) is 5.73.